The number of halogens is 1. The largest absolute Gasteiger partial charge is 0.338 e. The van der Waals surface area contributed by atoms with Gasteiger partial charge in [-0.05, 0) is 64.0 Å². The first-order valence-corrected chi connectivity index (χ1v) is 10.2. The van der Waals surface area contributed by atoms with Crippen molar-refractivity contribution >= 4 is 11.0 Å². The number of hydrogen-bond acceptors (Lipinski definition) is 1. The van der Waals surface area contributed by atoms with Crippen LogP contribution in [0.3, 0.4) is 0 Å². The number of hydrogen-bond donors (Lipinski definition) is 1. The molecule has 3 aromatic rings. The molecule has 2 unspecified atom stereocenters. The van der Waals surface area contributed by atoms with Gasteiger partial charge in [0, 0.05) is 5.56 Å². The molecule has 1 heterocycles. The van der Waals surface area contributed by atoms with E-state index in [1.807, 2.05) is 24.3 Å². The summed E-state index contributed by atoms with van der Waals surface area (Å²) >= 11 is 0. The third-order valence-corrected chi connectivity index (χ3v) is 7.55. The highest BCUT2D eigenvalue weighted by molar-refractivity contribution is 5.82. The lowest BCUT2D eigenvalue weighted by atomic mass is 9.63. The lowest BCUT2D eigenvalue weighted by Crippen LogP contribution is -2.35. The molecule has 1 aromatic heterocycles. The molecule has 2 atom stereocenters. The van der Waals surface area contributed by atoms with Gasteiger partial charge in [-0.3, -0.25) is 0 Å². The maximum absolute atomic E-state index is 14.9. The number of aromatic amines is 1. The standard InChI is InChI=1S/C25H31FN2/c1-15-14-25(15,7)18-13-16(26)12-17(24(5,6)23(2,3)4)21(18)22-27-19-10-8-9-11-20(19)28-22/h8-13,15H,14H2,1-7H3,(H,27,28). The Hall–Kier alpha value is -2.16. The first kappa shape index (κ1) is 19.2. The Morgan fingerprint density at radius 3 is 2.32 bits per heavy atom. The molecular formula is C25H31FN2. The summed E-state index contributed by atoms with van der Waals surface area (Å²) in [6.07, 6.45) is 1.08. The van der Waals surface area contributed by atoms with Crippen LogP contribution in [0.5, 0.6) is 0 Å². The van der Waals surface area contributed by atoms with Crippen molar-refractivity contribution in [2.75, 3.05) is 0 Å². The number of imidazole rings is 1. The summed E-state index contributed by atoms with van der Waals surface area (Å²) < 4.78 is 14.9. The molecule has 3 heteroatoms. The maximum Gasteiger partial charge on any atom is 0.139 e. The lowest BCUT2D eigenvalue weighted by Gasteiger charge is -2.41. The highest BCUT2D eigenvalue weighted by Crippen LogP contribution is 2.58. The van der Waals surface area contributed by atoms with E-state index < -0.39 is 0 Å². The van der Waals surface area contributed by atoms with Gasteiger partial charge >= 0.3 is 0 Å². The van der Waals surface area contributed by atoms with Crippen molar-refractivity contribution in [3.63, 3.8) is 0 Å². The zero-order valence-electron chi connectivity index (χ0n) is 18.1. The molecule has 0 spiro atoms. The van der Waals surface area contributed by atoms with E-state index in [0.29, 0.717) is 5.92 Å². The van der Waals surface area contributed by atoms with E-state index >= 15 is 0 Å². The van der Waals surface area contributed by atoms with Crippen LogP contribution in [0.1, 0.15) is 66.0 Å². The van der Waals surface area contributed by atoms with Crippen molar-refractivity contribution in [3.8, 4) is 11.4 Å². The fourth-order valence-electron chi connectivity index (χ4n) is 4.23. The molecule has 1 saturated carbocycles. The van der Waals surface area contributed by atoms with Crippen LogP contribution in [0, 0.1) is 17.2 Å². The topological polar surface area (TPSA) is 28.7 Å². The van der Waals surface area contributed by atoms with Gasteiger partial charge < -0.3 is 4.98 Å². The van der Waals surface area contributed by atoms with E-state index in [1.54, 1.807) is 12.1 Å². The number of para-hydroxylation sites is 2. The molecule has 1 fully saturated rings. The van der Waals surface area contributed by atoms with E-state index in [9.17, 15) is 4.39 Å². The summed E-state index contributed by atoms with van der Waals surface area (Å²) in [4.78, 5) is 8.43. The van der Waals surface area contributed by atoms with E-state index in [0.717, 1.165) is 40.0 Å². The second kappa shape index (κ2) is 5.92. The predicted molar refractivity (Wildman–Crippen MR) is 115 cm³/mol. The highest BCUT2D eigenvalue weighted by Gasteiger charge is 2.51. The van der Waals surface area contributed by atoms with Gasteiger partial charge in [0.15, 0.2) is 0 Å². The molecule has 2 aromatic carbocycles. The number of benzene rings is 2. The van der Waals surface area contributed by atoms with Crippen LogP contribution >= 0.6 is 0 Å². The van der Waals surface area contributed by atoms with Gasteiger partial charge in [0.1, 0.15) is 11.6 Å². The van der Waals surface area contributed by atoms with Crippen LogP contribution in [0.4, 0.5) is 4.39 Å². The average molecular weight is 379 g/mol. The van der Waals surface area contributed by atoms with Crippen LogP contribution in [-0.4, -0.2) is 9.97 Å². The van der Waals surface area contributed by atoms with Gasteiger partial charge in [0.2, 0.25) is 0 Å². The van der Waals surface area contributed by atoms with Crippen molar-refractivity contribution in [1.29, 1.82) is 0 Å². The molecule has 2 nitrogen and oxygen atoms in total. The summed E-state index contributed by atoms with van der Waals surface area (Å²) in [5, 5.41) is 0. The Kier molecular flexibility index (Phi) is 4.05. The minimum absolute atomic E-state index is 0.000871. The molecular weight excluding hydrogens is 347 g/mol. The fourth-order valence-corrected chi connectivity index (χ4v) is 4.23. The molecule has 0 radical (unpaired) electrons. The molecule has 1 aliphatic rings. The summed E-state index contributed by atoms with van der Waals surface area (Å²) in [6, 6.07) is 11.6. The SMILES string of the molecule is CC1CC1(C)c1cc(F)cc(C(C)(C)C(C)(C)C)c1-c1nc2ccccc2[nH]1. The number of nitrogens with zero attached hydrogens (tertiary/aromatic N) is 1. The van der Waals surface area contributed by atoms with E-state index in [4.69, 9.17) is 4.98 Å². The molecule has 0 amide bonds. The minimum Gasteiger partial charge on any atom is -0.338 e. The van der Waals surface area contributed by atoms with E-state index in [-0.39, 0.29) is 22.1 Å². The average Bonchev–Trinajstić information content (AvgIpc) is 3.03. The third kappa shape index (κ3) is 2.78. The highest BCUT2D eigenvalue weighted by atomic mass is 19.1. The van der Waals surface area contributed by atoms with Crippen molar-refractivity contribution in [2.45, 2.75) is 65.7 Å². The molecule has 1 N–H and O–H groups in total. The van der Waals surface area contributed by atoms with Crippen LogP contribution in [-0.2, 0) is 10.8 Å². The summed E-state index contributed by atoms with van der Waals surface area (Å²) in [5.74, 6) is 1.24. The number of fused-ring (bicyclic) bond motifs is 1. The fraction of sp³-hybridized carbons (Fsp3) is 0.480. The van der Waals surface area contributed by atoms with Gasteiger partial charge in [-0.15, -0.1) is 0 Å². The predicted octanol–water partition coefficient (Wildman–Crippen LogP) is 6.99. The lowest BCUT2D eigenvalue weighted by molar-refractivity contribution is 0.225. The normalized spacial score (nSPS) is 22.6. The second-order valence-corrected chi connectivity index (χ2v) is 10.4. The van der Waals surface area contributed by atoms with Gasteiger partial charge in [-0.25, -0.2) is 9.37 Å². The molecule has 4 rings (SSSR count). The number of aromatic nitrogens is 2. The van der Waals surface area contributed by atoms with Crippen LogP contribution < -0.4 is 0 Å². The Bertz CT molecular complexity index is 1020. The minimum atomic E-state index is -0.230. The second-order valence-electron chi connectivity index (χ2n) is 10.4. The third-order valence-electron chi connectivity index (χ3n) is 7.55. The monoisotopic (exact) mass is 378 g/mol. The first-order valence-electron chi connectivity index (χ1n) is 10.2. The molecule has 28 heavy (non-hydrogen) atoms. The molecule has 0 bridgehead atoms. The van der Waals surface area contributed by atoms with Gasteiger partial charge in [0.25, 0.3) is 0 Å². The number of rotatable bonds is 3. The van der Waals surface area contributed by atoms with Crippen LogP contribution in [0.25, 0.3) is 22.4 Å². The van der Waals surface area contributed by atoms with Crippen molar-refractivity contribution in [1.82, 2.24) is 9.97 Å². The Morgan fingerprint density at radius 1 is 1.11 bits per heavy atom. The smallest absolute Gasteiger partial charge is 0.139 e. The van der Waals surface area contributed by atoms with Crippen molar-refractivity contribution < 1.29 is 4.39 Å². The molecule has 0 saturated heterocycles. The van der Waals surface area contributed by atoms with Crippen molar-refractivity contribution in [2.24, 2.45) is 11.3 Å². The first-order chi connectivity index (χ1) is 12.9. The molecule has 0 aliphatic heterocycles. The zero-order valence-corrected chi connectivity index (χ0v) is 18.1. The van der Waals surface area contributed by atoms with E-state index in [1.165, 1.54) is 0 Å². The summed E-state index contributed by atoms with van der Waals surface area (Å²) in [5.41, 5.74) is 4.91. The summed E-state index contributed by atoms with van der Waals surface area (Å²) in [7, 11) is 0. The molecule has 1 aliphatic carbocycles. The quantitative estimate of drug-likeness (QED) is 0.523. The van der Waals surface area contributed by atoms with E-state index in [2.05, 4.69) is 53.5 Å². The summed E-state index contributed by atoms with van der Waals surface area (Å²) in [6.45, 7) is 15.6. The molecule has 148 valence electrons. The van der Waals surface area contributed by atoms with Crippen LogP contribution in [0.2, 0.25) is 0 Å². The Labute approximate surface area is 167 Å². The van der Waals surface area contributed by atoms with Gasteiger partial charge in [-0.2, -0.15) is 0 Å². The Balaban J connectivity index is 2.07. The van der Waals surface area contributed by atoms with Crippen LogP contribution in [0.15, 0.2) is 36.4 Å². The number of H-pyrrole nitrogens is 1. The Morgan fingerprint density at radius 2 is 1.75 bits per heavy atom. The number of nitrogens with one attached hydrogen (secondary N) is 1. The zero-order chi connectivity index (χ0) is 20.5. The maximum atomic E-state index is 14.9. The van der Waals surface area contributed by atoms with Gasteiger partial charge in [0.05, 0.1) is 11.0 Å². The van der Waals surface area contributed by atoms with Crippen molar-refractivity contribution in [3.05, 3.63) is 53.3 Å². The van der Waals surface area contributed by atoms with Gasteiger partial charge in [-0.1, -0.05) is 60.6 Å².